The molecule has 0 N–H and O–H groups in total. The van der Waals surface area contributed by atoms with E-state index in [-0.39, 0.29) is 5.54 Å². The summed E-state index contributed by atoms with van der Waals surface area (Å²) in [5.74, 6) is 2.43. The van der Waals surface area contributed by atoms with Crippen molar-refractivity contribution in [3.05, 3.63) is 0 Å². The van der Waals surface area contributed by atoms with E-state index in [2.05, 4.69) is 18.8 Å². The summed E-state index contributed by atoms with van der Waals surface area (Å²) < 4.78 is 0. The van der Waals surface area contributed by atoms with Gasteiger partial charge in [-0.3, -0.25) is 0 Å². The van der Waals surface area contributed by atoms with E-state index in [0.29, 0.717) is 11.3 Å². The van der Waals surface area contributed by atoms with Gasteiger partial charge in [-0.1, -0.05) is 13.8 Å². The lowest BCUT2D eigenvalue weighted by Crippen LogP contribution is -2.55. The minimum Gasteiger partial charge on any atom is -0.211 e. The van der Waals surface area contributed by atoms with E-state index in [4.69, 9.17) is 0 Å². The molecule has 15 heavy (non-hydrogen) atoms. The Balaban J connectivity index is 1.86. The van der Waals surface area contributed by atoms with E-state index in [1.807, 2.05) is 6.08 Å². The number of hydrogen-bond acceptors (Lipinski definition) is 2. The Kier molecular flexibility index (Phi) is 1.75. The third-order valence-electron chi connectivity index (χ3n) is 5.58. The highest BCUT2D eigenvalue weighted by Gasteiger charge is 2.62. The van der Waals surface area contributed by atoms with Crippen LogP contribution in [-0.2, 0) is 4.79 Å². The molecular weight excluding hydrogens is 186 g/mol. The highest BCUT2D eigenvalue weighted by atomic mass is 16.1. The van der Waals surface area contributed by atoms with Gasteiger partial charge in [0.15, 0.2) is 0 Å². The summed E-state index contributed by atoms with van der Waals surface area (Å²) in [6, 6.07) is 0. The van der Waals surface area contributed by atoms with Crippen molar-refractivity contribution in [2.45, 2.75) is 51.5 Å². The van der Waals surface area contributed by atoms with Gasteiger partial charge in [-0.25, -0.2) is 4.79 Å². The SMILES string of the molecule is CC1(C)C2CCC(C3(N=C=O)CC3)C1C2. The second kappa shape index (κ2) is 2.74. The zero-order valence-corrected chi connectivity index (χ0v) is 9.62. The summed E-state index contributed by atoms with van der Waals surface area (Å²) in [6.07, 6.45) is 8.10. The van der Waals surface area contributed by atoms with Crippen LogP contribution in [0.25, 0.3) is 0 Å². The van der Waals surface area contributed by atoms with Crippen LogP contribution in [0.15, 0.2) is 4.99 Å². The summed E-state index contributed by atoms with van der Waals surface area (Å²) in [6.45, 7) is 4.80. The Hall–Kier alpha value is -0.620. The molecule has 4 aliphatic rings. The molecule has 2 heteroatoms. The van der Waals surface area contributed by atoms with Gasteiger partial charge < -0.3 is 0 Å². The molecule has 0 aliphatic heterocycles. The van der Waals surface area contributed by atoms with Gasteiger partial charge in [0.2, 0.25) is 6.08 Å². The smallest absolute Gasteiger partial charge is 0.211 e. The molecule has 3 atom stereocenters. The zero-order chi connectivity index (χ0) is 10.7. The third kappa shape index (κ3) is 1.12. The lowest BCUT2D eigenvalue weighted by Gasteiger charge is -2.61. The number of hydrogen-bond donors (Lipinski definition) is 0. The van der Waals surface area contributed by atoms with Gasteiger partial charge in [-0.15, -0.1) is 0 Å². The highest BCUT2D eigenvalue weighted by Crippen LogP contribution is 2.67. The number of fused-ring (bicyclic) bond motifs is 2. The fourth-order valence-electron chi connectivity index (χ4n) is 4.24. The lowest BCUT2D eigenvalue weighted by molar-refractivity contribution is -0.114. The molecule has 0 heterocycles. The first kappa shape index (κ1) is 9.59. The molecule has 0 saturated heterocycles. The van der Waals surface area contributed by atoms with Crippen molar-refractivity contribution in [1.82, 2.24) is 0 Å². The largest absolute Gasteiger partial charge is 0.235 e. The highest BCUT2D eigenvalue weighted by molar-refractivity contribution is 5.37. The van der Waals surface area contributed by atoms with Crippen molar-refractivity contribution in [2.75, 3.05) is 0 Å². The molecule has 3 unspecified atom stereocenters. The van der Waals surface area contributed by atoms with Crippen molar-refractivity contribution in [3.63, 3.8) is 0 Å². The monoisotopic (exact) mass is 205 g/mol. The fraction of sp³-hybridized carbons (Fsp3) is 0.923. The maximum atomic E-state index is 10.5. The molecule has 0 radical (unpaired) electrons. The van der Waals surface area contributed by atoms with Crippen LogP contribution in [0.3, 0.4) is 0 Å². The van der Waals surface area contributed by atoms with Gasteiger partial charge in [0.05, 0.1) is 5.54 Å². The van der Waals surface area contributed by atoms with E-state index < -0.39 is 0 Å². The molecule has 0 aromatic carbocycles. The minimum absolute atomic E-state index is 0.0368. The number of carbonyl (C=O) groups excluding carboxylic acids is 1. The van der Waals surface area contributed by atoms with E-state index in [0.717, 1.165) is 24.7 Å². The summed E-state index contributed by atoms with van der Waals surface area (Å²) in [5.41, 5.74) is 0.548. The van der Waals surface area contributed by atoms with Crippen molar-refractivity contribution in [1.29, 1.82) is 0 Å². The number of aliphatic imine (C=N–C) groups is 1. The van der Waals surface area contributed by atoms with Crippen LogP contribution < -0.4 is 0 Å². The minimum atomic E-state index is 0.0368. The Bertz CT molecular complexity index is 334. The van der Waals surface area contributed by atoms with Crippen LogP contribution in [0, 0.1) is 23.2 Å². The van der Waals surface area contributed by atoms with Gasteiger partial charge in [0.25, 0.3) is 0 Å². The van der Waals surface area contributed by atoms with Crippen LogP contribution in [0.2, 0.25) is 0 Å². The first-order valence-electron chi connectivity index (χ1n) is 6.19. The van der Waals surface area contributed by atoms with Crippen molar-refractivity contribution in [2.24, 2.45) is 28.2 Å². The van der Waals surface area contributed by atoms with Crippen molar-refractivity contribution >= 4 is 6.08 Å². The average Bonchev–Trinajstić information content (AvgIpc) is 2.99. The molecule has 2 nitrogen and oxygen atoms in total. The molecule has 4 aliphatic carbocycles. The Morgan fingerprint density at radius 1 is 1.20 bits per heavy atom. The van der Waals surface area contributed by atoms with Gasteiger partial charge in [0.1, 0.15) is 0 Å². The van der Waals surface area contributed by atoms with Crippen LogP contribution in [-0.4, -0.2) is 11.6 Å². The fourth-order valence-corrected chi connectivity index (χ4v) is 4.24. The topological polar surface area (TPSA) is 29.4 Å². The Morgan fingerprint density at radius 3 is 2.40 bits per heavy atom. The molecule has 2 bridgehead atoms. The number of rotatable bonds is 2. The molecule has 4 saturated carbocycles. The van der Waals surface area contributed by atoms with E-state index in [9.17, 15) is 4.79 Å². The van der Waals surface area contributed by atoms with Crippen LogP contribution in [0.4, 0.5) is 0 Å². The van der Waals surface area contributed by atoms with Crippen molar-refractivity contribution in [3.8, 4) is 0 Å². The molecular formula is C13H19NO. The predicted octanol–water partition coefficient (Wildman–Crippen LogP) is 2.93. The molecule has 82 valence electrons. The summed E-state index contributed by atoms with van der Waals surface area (Å²) in [7, 11) is 0. The van der Waals surface area contributed by atoms with Crippen LogP contribution in [0.5, 0.6) is 0 Å². The maximum Gasteiger partial charge on any atom is 0.235 e. The first-order valence-corrected chi connectivity index (χ1v) is 6.19. The van der Waals surface area contributed by atoms with Gasteiger partial charge in [-0.05, 0) is 55.3 Å². The maximum absolute atomic E-state index is 10.5. The molecule has 0 aromatic rings. The van der Waals surface area contributed by atoms with Gasteiger partial charge >= 0.3 is 0 Å². The summed E-state index contributed by atoms with van der Waals surface area (Å²) in [5, 5.41) is 0. The van der Waals surface area contributed by atoms with E-state index >= 15 is 0 Å². The molecule has 4 rings (SSSR count). The first-order chi connectivity index (χ1) is 7.10. The quantitative estimate of drug-likeness (QED) is 0.503. The van der Waals surface area contributed by atoms with Crippen LogP contribution >= 0.6 is 0 Å². The standard InChI is InChI=1S/C13H19NO/c1-12(2)9-3-4-10(11(12)7-9)13(5-6-13)14-8-15/h9-11H,3-7H2,1-2H3. The molecule has 0 aromatic heterocycles. The van der Waals surface area contributed by atoms with Gasteiger partial charge in [0, 0.05) is 0 Å². The zero-order valence-electron chi connectivity index (χ0n) is 9.62. The average molecular weight is 205 g/mol. The molecule has 0 amide bonds. The number of isocyanates is 1. The predicted molar refractivity (Wildman–Crippen MR) is 58.2 cm³/mol. The third-order valence-corrected chi connectivity index (χ3v) is 5.58. The Morgan fingerprint density at radius 2 is 1.93 bits per heavy atom. The second-order valence-corrected chi connectivity index (χ2v) is 6.35. The van der Waals surface area contributed by atoms with Crippen molar-refractivity contribution < 1.29 is 4.79 Å². The summed E-state index contributed by atoms with van der Waals surface area (Å²) in [4.78, 5) is 14.6. The molecule has 4 fully saturated rings. The second-order valence-electron chi connectivity index (χ2n) is 6.35. The summed E-state index contributed by atoms with van der Waals surface area (Å²) >= 11 is 0. The number of nitrogens with zero attached hydrogens (tertiary/aromatic N) is 1. The Labute approximate surface area is 91.2 Å². The molecule has 0 spiro atoms. The van der Waals surface area contributed by atoms with Gasteiger partial charge in [-0.2, -0.15) is 4.99 Å². The van der Waals surface area contributed by atoms with Crippen LogP contribution in [0.1, 0.15) is 46.0 Å². The lowest BCUT2D eigenvalue weighted by atomic mass is 9.44. The normalized spacial score (nSPS) is 43.7. The van der Waals surface area contributed by atoms with E-state index in [1.165, 1.54) is 19.3 Å². The van der Waals surface area contributed by atoms with E-state index in [1.54, 1.807) is 0 Å².